The first-order valence-corrected chi connectivity index (χ1v) is 7.76. The van der Waals surface area contributed by atoms with Gasteiger partial charge in [-0.2, -0.15) is 0 Å². The van der Waals surface area contributed by atoms with Crippen LogP contribution in [0.1, 0.15) is 5.56 Å². The van der Waals surface area contributed by atoms with Crippen molar-refractivity contribution in [1.82, 2.24) is 5.32 Å². The van der Waals surface area contributed by atoms with Crippen molar-refractivity contribution in [2.24, 2.45) is 0 Å². The molecule has 0 fully saturated rings. The fraction of sp³-hybridized carbons (Fsp3) is 0.0588. The fourth-order valence-electron chi connectivity index (χ4n) is 1.82. The first-order chi connectivity index (χ1) is 11.5. The minimum Gasteiger partial charge on any atom is -0.341 e. The monoisotopic (exact) mass is 363 g/mol. The van der Waals surface area contributed by atoms with Gasteiger partial charge in [0.05, 0.1) is 0 Å². The molecule has 124 valence electrons. The van der Waals surface area contributed by atoms with E-state index < -0.39 is 0 Å². The average Bonchev–Trinajstić information content (AvgIpc) is 2.55. The van der Waals surface area contributed by atoms with Crippen molar-refractivity contribution in [3.63, 3.8) is 0 Å². The maximum absolute atomic E-state index is 11.9. The van der Waals surface area contributed by atoms with Gasteiger partial charge >= 0.3 is 6.03 Å². The molecule has 7 heteroatoms. The van der Waals surface area contributed by atoms with Crippen LogP contribution < -0.4 is 16.0 Å². The van der Waals surface area contributed by atoms with Crippen molar-refractivity contribution in [1.29, 1.82) is 0 Å². The molecule has 0 radical (unpaired) electrons. The van der Waals surface area contributed by atoms with Gasteiger partial charge < -0.3 is 16.0 Å². The summed E-state index contributed by atoms with van der Waals surface area (Å²) in [4.78, 5) is 23.1. The van der Waals surface area contributed by atoms with Crippen molar-refractivity contribution in [3.8, 4) is 0 Å². The molecule has 0 saturated heterocycles. The number of urea groups is 1. The SMILES string of the molecule is CNC(=O)Nc1ccc(NC(=O)/C=C/c2ccc(Cl)cc2Cl)cc1. The first-order valence-electron chi connectivity index (χ1n) is 7.01. The Bertz CT molecular complexity index is 774. The zero-order valence-corrected chi connectivity index (χ0v) is 14.3. The van der Waals surface area contributed by atoms with Gasteiger partial charge in [-0.3, -0.25) is 4.79 Å². The van der Waals surface area contributed by atoms with Gasteiger partial charge in [0.25, 0.3) is 0 Å². The van der Waals surface area contributed by atoms with E-state index in [1.165, 1.54) is 13.1 Å². The Kier molecular flexibility index (Phi) is 6.23. The minimum atomic E-state index is -0.311. The van der Waals surface area contributed by atoms with E-state index in [0.29, 0.717) is 27.0 Å². The van der Waals surface area contributed by atoms with Gasteiger partial charge in [-0.05, 0) is 48.0 Å². The van der Waals surface area contributed by atoms with Crippen LogP contribution >= 0.6 is 23.2 Å². The molecule has 0 saturated carbocycles. The summed E-state index contributed by atoms with van der Waals surface area (Å²) in [6, 6.07) is 11.5. The standard InChI is InChI=1S/C17H15Cl2N3O2/c1-20-17(24)22-14-7-5-13(6-8-14)21-16(23)9-3-11-2-4-12(18)10-15(11)19/h2-10H,1H3,(H,21,23)(H2,20,22,24)/b9-3+. The van der Waals surface area contributed by atoms with Gasteiger partial charge in [0, 0.05) is 34.5 Å². The molecule has 24 heavy (non-hydrogen) atoms. The second-order valence-electron chi connectivity index (χ2n) is 4.77. The van der Waals surface area contributed by atoms with Gasteiger partial charge in [0.15, 0.2) is 0 Å². The number of carbonyl (C=O) groups excluding carboxylic acids is 2. The molecule has 3 amide bonds. The van der Waals surface area contributed by atoms with Crippen LogP contribution in [0.2, 0.25) is 10.0 Å². The van der Waals surface area contributed by atoms with Crippen molar-refractivity contribution in [2.75, 3.05) is 17.7 Å². The van der Waals surface area contributed by atoms with Crippen LogP contribution in [0.15, 0.2) is 48.5 Å². The number of carbonyl (C=O) groups is 2. The number of anilines is 2. The lowest BCUT2D eigenvalue weighted by atomic mass is 10.2. The normalized spacial score (nSPS) is 10.5. The van der Waals surface area contributed by atoms with E-state index in [9.17, 15) is 9.59 Å². The molecular weight excluding hydrogens is 349 g/mol. The highest BCUT2D eigenvalue weighted by molar-refractivity contribution is 6.35. The molecule has 0 aliphatic rings. The van der Waals surface area contributed by atoms with Crippen LogP contribution in [-0.2, 0) is 4.79 Å². The van der Waals surface area contributed by atoms with Crippen molar-refractivity contribution < 1.29 is 9.59 Å². The van der Waals surface area contributed by atoms with Crippen molar-refractivity contribution in [3.05, 3.63) is 64.1 Å². The second kappa shape index (κ2) is 8.38. The van der Waals surface area contributed by atoms with Gasteiger partial charge in [0.1, 0.15) is 0 Å². The Morgan fingerprint density at radius 2 is 1.58 bits per heavy atom. The molecule has 0 aromatic heterocycles. The average molecular weight is 364 g/mol. The Labute approximate surface area is 149 Å². The summed E-state index contributed by atoms with van der Waals surface area (Å²) in [6.07, 6.45) is 2.99. The number of amides is 3. The predicted octanol–water partition coefficient (Wildman–Crippen LogP) is 4.40. The molecule has 0 bridgehead atoms. The van der Waals surface area contributed by atoms with Crippen LogP contribution in [0.5, 0.6) is 0 Å². The molecule has 2 aromatic carbocycles. The quantitative estimate of drug-likeness (QED) is 0.704. The third-order valence-electron chi connectivity index (χ3n) is 3.01. The molecule has 0 aliphatic heterocycles. The smallest absolute Gasteiger partial charge is 0.318 e. The molecule has 0 heterocycles. The van der Waals surface area contributed by atoms with E-state index in [1.807, 2.05) is 0 Å². The van der Waals surface area contributed by atoms with Gasteiger partial charge in [-0.1, -0.05) is 29.3 Å². The zero-order valence-electron chi connectivity index (χ0n) is 12.8. The number of halogens is 2. The summed E-state index contributed by atoms with van der Waals surface area (Å²) < 4.78 is 0. The third kappa shape index (κ3) is 5.30. The maximum Gasteiger partial charge on any atom is 0.318 e. The second-order valence-corrected chi connectivity index (χ2v) is 5.61. The maximum atomic E-state index is 11.9. The van der Waals surface area contributed by atoms with E-state index >= 15 is 0 Å². The number of rotatable bonds is 4. The Morgan fingerprint density at radius 3 is 2.17 bits per heavy atom. The summed E-state index contributed by atoms with van der Waals surface area (Å²) >= 11 is 11.9. The summed E-state index contributed by atoms with van der Waals surface area (Å²) in [6.45, 7) is 0. The van der Waals surface area contributed by atoms with E-state index in [4.69, 9.17) is 23.2 Å². The zero-order chi connectivity index (χ0) is 17.5. The van der Waals surface area contributed by atoms with E-state index in [1.54, 1.807) is 48.5 Å². The highest BCUT2D eigenvalue weighted by atomic mass is 35.5. The summed E-state index contributed by atoms with van der Waals surface area (Å²) in [5, 5.41) is 8.80. The predicted molar refractivity (Wildman–Crippen MR) is 98.6 cm³/mol. The van der Waals surface area contributed by atoms with E-state index in [0.717, 1.165) is 0 Å². The minimum absolute atomic E-state index is 0.298. The van der Waals surface area contributed by atoms with E-state index in [2.05, 4.69) is 16.0 Å². The first kappa shape index (κ1) is 17.8. The number of hydrogen-bond acceptors (Lipinski definition) is 2. The highest BCUT2D eigenvalue weighted by Crippen LogP contribution is 2.22. The lowest BCUT2D eigenvalue weighted by Gasteiger charge is -2.06. The Morgan fingerprint density at radius 1 is 0.958 bits per heavy atom. The third-order valence-corrected chi connectivity index (χ3v) is 3.58. The van der Waals surface area contributed by atoms with Crippen molar-refractivity contribution >= 4 is 52.6 Å². The van der Waals surface area contributed by atoms with Crippen LogP contribution in [0.4, 0.5) is 16.2 Å². The summed E-state index contributed by atoms with van der Waals surface area (Å²) in [5.74, 6) is -0.298. The molecule has 2 aromatic rings. The molecule has 0 aliphatic carbocycles. The Hall–Kier alpha value is -2.50. The molecule has 0 spiro atoms. The summed E-state index contributed by atoms with van der Waals surface area (Å²) in [5.41, 5.74) is 1.92. The lowest BCUT2D eigenvalue weighted by molar-refractivity contribution is -0.111. The number of hydrogen-bond donors (Lipinski definition) is 3. The van der Waals surface area contributed by atoms with Gasteiger partial charge in [-0.25, -0.2) is 4.79 Å². The van der Waals surface area contributed by atoms with Crippen LogP contribution in [0.25, 0.3) is 6.08 Å². The topological polar surface area (TPSA) is 70.2 Å². The Balaban J connectivity index is 1.96. The highest BCUT2D eigenvalue weighted by Gasteiger charge is 2.02. The van der Waals surface area contributed by atoms with Crippen LogP contribution in [0, 0.1) is 0 Å². The van der Waals surface area contributed by atoms with Crippen molar-refractivity contribution in [2.45, 2.75) is 0 Å². The largest absolute Gasteiger partial charge is 0.341 e. The molecule has 5 nitrogen and oxygen atoms in total. The summed E-state index contributed by atoms with van der Waals surface area (Å²) in [7, 11) is 1.53. The fourth-order valence-corrected chi connectivity index (χ4v) is 2.29. The van der Waals surface area contributed by atoms with Gasteiger partial charge in [0.2, 0.25) is 5.91 Å². The molecular formula is C17H15Cl2N3O2. The van der Waals surface area contributed by atoms with Crippen LogP contribution in [-0.4, -0.2) is 19.0 Å². The molecule has 3 N–H and O–H groups in total. The molecule has 0 unspecified atom stereocenters. The number of nitrogens with one attached hydrogen (secondary N) is 3. The number of benzene rings is 2. The van der Waals surface area contributed by atoms with Crippen LogP contribution in [0.3, 0.4) is 0 Å². The molecule has 2 rings (SSSR count). The van der Waals surface area contributed by atoms with Gasteiger partial charge in [-0.15, -0.1) is 0 Å². The van der Waals surface area contributed by atoms with E-state index in [-0.39, 0.29) is 11.9 Å². The molecule has 0 atom stereocenters. The lowest BCUT2D eigenvalue weighted by Crippen LogP contribution is -2.24.